The van der Waals surface area contributed by atoms with Crippen LogP contribution in [0.5, 0.6) is 5.75 Å². The second kappa shape index (κ2) is 5.87. The highest BCUT2D eigenvalue weighted by molar-refractivity contribution is 5.37. The van der Waals surface area contributed by atoms with Crippen molar-refractivity contribution in [1.82, 2.24) is 0 Å². The molecule has 0 saturated carbocycles. The van der Waals surface area contributed by atoms with Crippen LogP contribution in [0.2, 0.25) is 0 Å². The Morgan fingerprint density at radius 3 is 2.83 bits per heavy atom. The van der Waals surface area contributed by atoms with Gasteiger partial charge in [-0.05, 0) is 31.9 Å². The van der Waals surface area contributed by atoms with Crippen molar-refractivity contribution in [3.05, 3.63) is 53.6 Å². The number of rotatable bonds is 4. The van der Waals surface area contributed by atoms with Crippen molar-refractivity contribution >= 4 is 0 Å². The maximum atomic E-state index is 5.90. The van der Waals surface area contributed by atoms with E-state index in [1.54, 1.807) is 6.08 Å². The van der Waals surface area contributed by atoms with Crippen LogP contribution in [0.1, 0.15) is 31.9 Å². The van der Waals surface area contributed by atoms with E-state index in [4.69, 9.17) is 9.47 Å². The average molecular weight is 244 g/mol. The van der Waals surface area contributed by atoms with Gasteiger partial charge < -0.3 is 9.47 Å². The van der Waals surface area contributed by atoms with Gasteiger partial charge in [-0.3, -0.25) is 0 Å². The van der Waals surface area contributed by atoms with E-state index in [2.05, 4.69) is 26.5 Å². The highest BCUT2D eigenvalue weighted by Gasteiger charge is 2.21. The monoisotopic (exact) mass is 244 g/mol. The second-order valence-corrected chi connectivity index (χ2v) is 4.70. The number of benzene rings is 1. The SMILES string of the molecule is C=CCOc1ccccc1C1CC(C)=C(C)CO1. The zero-order valence-electron chi connectivity index (χ0n) is 11.1. The van der Waals surface area contributed by atoms with Gasteiger partial charge in [0.1, 0.15) is 12.4 Å². The molecule has 1 aliphatic rings. The summed E-state index contributed by atoms with van der Waals surface area (Å²) in [5, 5.41) is 0. The molecule has 96 valence electrons. The van der Waals surface area contributed by atoms with Crippen molar-refractivity contribution in [1.29, 1.82) is 0 Å². The smallest absolute Gasteiger partial charge is 0.125 e. The van der Waals surface area contributed by atoms with E-state index in [9.17, 15) is 0 Å². The summed E-state index contributed by atoms with van der Waals surface area (Å²) in [4.78, 5) is 0. The first-order valence-corrected chi connectivity index (χ1v) is 6.32. The maximum Gasteiger partial charge on any atom is 0.125 e. The molecule has 18 heavy (non-hydrogen) atoms. The third-order valence-electron chi connectivity index (χ3n) is 3.34. The summed E-state index contributed by atoms with van der Waals surface area (Å²) in [6.45, 7) is 9.23. The van der Waals surface area contributed by atoms with E-state index in [0.717, 1.165) is 17.7 Å². The third-order valence-corrected chi connectivity index (χ3v) is 3.34. The predicted octanol–water partition coefficient (Wildman–Crippen LogP) is 4.05. The van der Waals surface area contributed by atoms with E-state index in [1.807, 2.05) is 18.2 Å². The largest absolute Gasteiger partial charge is 0.489 e. The van der Waals surface area contributed by atoms with Gasteiger partial charge in [-0.2, -0.15) is 0 Å². The molecule has 1 aromatic carbocycles. The first kappa shape index (κ1) is 12.9. The van der Waals surface area contributed by atoms with E-state index in [-0.39, 0.29) is 6.10 Å². The summed E-state index contributed by atoms with van der Waals surface area (Å²) in [7, 11) is 0. The van der Waals surface area contributed by atoms with Crippen LogP contribution >= 0.6 is 0 Å². The van der Waals surface area contributed by atoms with E-state index >= 15 is 0 Å². The topological polar surface area (TPSA) is 18.5 Å². The normalized spacial score (nSPS) is 19.8. The predicted molar refractivity (Wildman–Crippen MR) is 73.8 cm³/mol. The lowest BCUT2D eigenvalue weighted by Crippen LogP contribution is -2.14. The zero-order valence-corrected chi connectivity index (χ0v) is 11.1. The first-order chi connectivity index (χ1) is 8.72. The van der Waals surface area contributed by atoms with Crippen molar-refractivity contribution < 1.29 is 9.47 Å². The second-order valence-electron chi connectivity index (χ2n) is 4.70. The van der Waals surface area contributed by atoms with Gasteiger partial charge in [0, 0.05) is 5.56 Å². The molecule has 0 N–H and O–H groups in total. The average Bonchev–Trinajstić information content (AvgIpc) is 2.40. The number of hydrogen-bond acceptors (Lipinski definition) is 2. The molecule has 2 rings (SSSR count). The molecule has 0 bridgehead atoms. The molecule has 0 spiro atoms. The fourth-order valence-electron chi connectivity index (χ4n) is 2.09. The third kappa shape index (κ3) is 2.82. The molecule has 1 atom stereocenters. The van der Waals surface area contributed by atoms with Crippen LogP contribution in [0, 0.1) is 0 Å². The van der Waals surface area contributed by atoms with Gasteiger partial charge in [0.25, 0.3) is 0 Å². The number of ether oxygens (including phenoxy) is 2. The molecular weight excluding hydrogens is 224 g/mol. The quantitative estimate of drug-likeness (QED) is 0.744. The van der Waals surface area contributed by atoms with Gasteiger partial charge in [-0.15, -0.1) is 0 Å². The minimum atomic E-state index is 0.106. The van der Waals surface area contributed by atoms with Gasteiger partial charge >= 0.3 is 0 Å². The summed E-state index contributed by atoms with van der Waals surface area (Å²) in [5.74, 6) is 0.898. The summed E-state index contributed by atoms with van der Waals surface area (Å²) < 4.78 is 11.6. The maximum absolute atomic E-state index is 5.90. The van der Waals surface area contributed by atoms with Crippen LogP contribution in [0.25, 0.3) is 0 Å². The van der Waals surface area contributed by atoms with E-state index in [0.29, 0.717) is 13.2 Å². The lowest BCUT2D eigenvalue weighted by Gasteiger charge is -2.26. The molecule has 0 saturated heterocycles. The Balaban J connectivity index is 2.20. The van der Waals surface area contributed by atoms with Crippen LogP contribution in [0.3, 0.4) is 0 Å². The Bertz CT molecular complexity index is 460. The van der Waals surface area contributed by atoms with Gasteiger partial charge in [0.05, 0.1) is 12.7 Å². The highest BCUT2D eigenvalue weighted by atomic mass is 16.5. The minimum Gasteiger partial charge on any atom is -0.489 e. The van der Waals surface area contributed by atoms with Crippen LogP contribution < -0.4 is 4.74 Å². The van der Waals surface area contributed by atoms with Crippen molar-refractivity contribution in [2.45, 2.75) is 26.4 Å². The molecule has 0 fully saturated rings. The minimum absolute atomic E-state index is 0.106. The van der Waals surface area contributed by atoms with Crippen molar-refractivity contribution in [2.75, 3.05) is 13.2 Å². The van der Waals surface area contributed by atoms with Crippen LogP contribution in [0.4, 0.5) is 0 Å². The zero-order chi connectivity index (χ0) is 13.0. The van der Waals surface area contributed by atoms with Crippen LogP contribution in [-0.4, -0.2) is 13.2 Å². The van der Waals surface area contributed by atoms with Crippen LogP contribution in [0.15, 0.2) is 48.1 Å². The summed E-state index contributed by atoms with van der Waals surface area (Å²) >= 11 is 0. The van der Waals surface area contributed by atoms with Crippen molar-refractivity contribution in [2.24, 2.45) is 0 Å². The Hall–Kier alpha value is -1.54. The molecule has 1 unspecified atom stereocenters. The van der Waals surface area contributed by atoms with E-state index < -0.39 is 0 Å². The Labute approximate surface area is 109 Å². The Morgan fingerprint density at radius 2 is 2.11 bits per heavy atom. The van der Waals surface area contributed by atoms with Crippen molar-refractivity contribution in [3.8, 4) is 5.75 Å². The van der Waals surface area contributed by atoms with Gasteiger partial charge in [0.2, 0.25) is 0 Å². The molecule has 1 aliphatic heterocycles. The lowest BCUT2D eigenvalue weighted by molar-refractivity contribution is 0.0558. The summed E-state index contributed by atoms with van der Waals surface area (Å²) in [5.41, 5.74) is 3.90. The lowest BCUT2D eigenvalue weighted by atomic mass is 9.96. The Morgan fingerprint density at radius 1 is 1.33 bits per heavy atom. The van der Waals surface area contributed by atoms with Crippen molar-refractivity contribution in [3.63, 3.8) is 0 Å². The highest BCUT2D eigenvalue weighted by Crippen LogP contribution is 2.35. The van der Waals surface area contributed by atoms with Gasteiger partial charge in [-0.1, -0.05) is 36.4 Å². The molecule has 2 heteroatoms. The molecule has 0 aliphatic carbocycles. The fourth-order valence-corrected chi connectivity index (χ4v) is 2.09. The standard InChI is InChI=1S/C16H20O2/c1-4-9-17-15-8-6-5-7-14(15)16-10-12(2)13(3)11-18-16/h4-8,16H,1,9-11H2,2-3H3. The molecule has 2 nitrogen and oxygen atoms in total. The fraction of sp³-hybridized carbons (Fsp3) is 0.375. The molecular formula is C16H20O2. The Kier molecular flexibility index (Phi) is 4.21. The molecule has 0 radical (unpaired) electrons. The first-order valence-electron chi connectivity index (χ1n) is 6.32. The molecule has 1 aromatic rings. The number of hydrogen-bond donors (Lipinski definition) is 0. The summed E-state index contributed by atoms with van der Waals surface area (Å²) in [6, 6.07) is 8.08. The number of para-hydroxylation sites is 1. The summed E-state index contributed by atoms with van der Waals surface area (Å²) in [6.07, 6.45) is 2.81. The molecule has 0 amide bonds. The van der Waals surface area contributed by atoms with Gasteiger partial charge in [-0.25, -0.2) is 0 Å². The van der Waals surface area contributed by atoms with E-state index in [1.165, 1.54) is 11.1 Å². The molecule has 0 aromatic heterocycles. The molecule has 1 heterocycles. The van der Waals surface area contributed by atoms with Crippen LogP contribution in [-0.2, 0) is 4.74 Å². The van der Waals surface area contributed by atoms with Gasteiger partial charge in [0.15, 0.2) is 0 Å².